The maximum Gasteiger partial charge on any atom is 0.275 e. The molecule has 0 spiro atoms. The van der Waals surface area contributed by atoms with Crippen LogP contribution in [0.5, 0.6) is 28.7 Å². The van der Waals surface area contributed by atoms with Gasteiger partial charge in [-0.3, -0.25) is 4.79 Å². The zero-order valence-electron chi connectivity index (χ0n) is 20.6. The molecule has 1 unspecified atom stereocenters. The summed E-state index contributed by atoms with van der Waals surface area (Å²) in [5.74, 6) is 0.379. The molecule has 0 fully saturated rings. The van der Waals surface area contributed by atoms with Gasteiger partial charge < -0.3 is 28.9 Å². The number of hydrogen-bond acceptors (Lipinski definition) is 9. The summed E-state index contributed by atoms with van der Waals surface area (Å²) in [6, 6.07) is 12.2. The summed E-state index contributed by atoms with van der Waals surface area (Å²) >= 11 is 0. The van der Waals surface area contributed by atoms with Crippen LogP contribution >= 0.6 is 0 Å². The Balaban J connectivity index is 1.45. The van der Waals surface area contributed by atoms with E-state index in [1.165, 1.54) is 44.7 Å². The van der Waals surface area contributed by atoms with E-state index in [0.29, 0.717) is 52.7 Å². The summed E-state index contributed by atoms with van der Waals surface area (Å²) in [5, 5.41) is 18.2. The minimum atomic E-state index is -0.593. The number of halogens is 1. The van der Waals surface area contributed by atoms with E-state index in [0.717, 1.165) is 5.56 Å². The fourth-order valence-electron chi connectivity index (χ4n) is 4.35. The maximum absolute atomic E-state index is 13.3. The van der Waals surface area contributed by atoms with E-state index in [-0.39, 0.29) is 30.0 Å². The fraction of sp³-hybridized carbons (Fsp3) is 0.222. The van der Waals surface area contributed by atoms with E-state index in [4.69, 9.17) is 23.8 Å². The summed E-state index contributed by atoms with van der Waals surface area (Å²) < 4.78 is 36.0. The second-order valence-electron chi connectivity index (χ2n) is 8.42. The van der Waals surface area contributed by atoms with Gasteiger partial charge in [-0.25, -0.2) is 9.82 Å². The first-order valence-corrected chi connectivity index (χ1v) is 11.7. The van der Waals surface area contributed by atoms with Crippen molar-refractivity contribution in [3.63, 3.8) is 0 Å². The second kappa shape index (κ2) is 10.7. The van der Waals surface area contributed by atoms with Crippen LogP contribution in [0.3, 0.4) is 0 Å². The predicted octanol–water partition coefficient (Wildman–Crippen LogP) is 3.78. The predicted molar refractivity (Wildman–Crippen MR) is 135 cm³/mol. The van der Waals surface area contributed by atoms with Crippen molar-refractivity contribution in [2.24, 2.45) is 10.3 Å². The summed E-state index contributed by atoms with van der Waals surface area (Å²) in [4.78, 5) is 18.2. The molecule has 0 saturated carbocycles. The Morgan fingerprint density at radius 3 is 2.55 bits per heavy atom. The van der Waals surface area contributed by atoms with Gasteiger partial charge in [0.15, 0.2) is 11.5 Å². The van der Waals surface area contributed by atoms with Gasteiger partial charge in [0, 0.05) is 24.0 Å². The number of nitrogens with one attached hydrogen (secondary N) is 1. The number of ether oxygens (including phenoxy) is 4. The molecule has 11 heteroatoms. The van der Waals surface area contributed by atoms with Crippen LogP contribution < -0.4 is 24.4 Å². The molecule has 10 nitrogen and oxygen atoms in total. The molecule has 0 radical (unpaired) electrons. The van der Waals surface area contributed by atoms with Crippen molar-refractivity contribution in [3.8, 4) is 28.7 Å². The molecule has 196 valence electrons. The van der Waals surface area contributed by atoms with Gasteiger partial charge >= 0.3 is 0 Å². The first-order chi connectivity index (χ1) is 18.5. The number of nitrogens with zero attached hydrogens (tertiary/aromatic N) is 2. The minimum Gasteiger partial charge on any atom is -0.507 e. The molecule has 2 aliphatic heterocycles. The molecule has 2 heterocycles. The van der Waals surface area contributed by atoms with Crippen molar-refractivity contribution >= 4 is 17.8 Å². The van der Waals surface area contributed by atoms with Gasteiger partial charge in [0.1, 0.15) is 17.7 Å². The Labute approximate surface area is 217 Å². The number of carbonyl (C=O) groups excluding carboxylic acids is 1. The van der Waals surface area contributed by atoms with Crippen molar-refractivity contribution < 1.29 is 38.1 Å². The van der Waals surface area contributed by atoms with Gasteiger partial charge in [-0.15, -0.1) is 0 Å². The number of oxime groups is 1. The molecular weight excluding hydrogens is 497 g/mol. The average molecular weight is 522 g/mol. The number of aromatic hydroxyl groups is 1. The third-order valence-electron chi connectivity index (χ3n) is 6.13. The number of para-hydroxylation sites is 1. The molecular formula is C27H24FN3O7. The average Bonchev–Trinajstić information content (AvgIpc) is 3.59. The molecule has 38 heavy (non-hydrogen) atoms. The van der Waals surface area contributed by atoms with Gasteiger partial charge in [0.05, 0.1) is 31.7 Å². The van der Waals surface area contributed by atoms with Gasteiger partial charge in [-0.05, 0) is 29.8 Å². The lowest BCUT2D eigenvalue weighted by atomic mass is 9.95. The van der Waals surface area contributed by atoms with Crippen LogP contribution in [0.15, 0.2) is 58.8 Å². The molecule has 0 bridgehead atoms. The van der Waals surface area contributed by atoms with Crippen molar-refractivity contribution in [1.29, 1.82) is 0 Å². The summed E-state index contributed by atoms with van der Waals surface area (Å²) in [6.07, 6.45) is 1.82. The van der Waals surface area contributed by atoms with E-state index < -0.39 is 5.91 Å². The number of hydrogen-bond donors (Lipinski definition) is 2. The van der Waals surface area contributed by atoms with Crippen LogP contribution in [0.2, 0.25) is 0 Å². The third-order valence-corrected chi connectivity index (χ3v) is 6.13. The Morgan fingerprint density at radius 2 is 1.84 bits per heavy atom. The number of phenols is 1. The fourth-order valence-corrected chi connectivity index (χ4v) is 4.35. The van der Waals surface area contributed by atoms with Crippen molar-refractivity contribution in [1.82, 2.24) is 5.43 Å². The highest BCUT2D eigenvalue weighted by Gasteiger charge is 2.33. The van der Waals surface area contributed by atoms with E-state index >= 15 is 0 Å². The number of amides is 1. The number of benzene rings is 3. The van der Waals surface area contributed by atoms with Crippen LogP contribution in [0.4, 0.5) is 4.39 Å². The smallest absolute Gasteiger partial charge is 0.275 e. The summed E-state index contributed by atoms with van der Waals surface area (Å²) in [5.41, 5.74) is 5.05. The van der Waals surface area contributed by atoms with E-state index in [1.54, 1.807) is 24.3 Å². The lowest BCUT2D eigenvalue weighted by Gasteiger charge is -2.19. The maximum atomic E-state index is 13.3. The second-order valence-corrected chi connectivity index (χ2v) is 8.42. The van der Waals surface area contributed by atoms with Crippen LogP contribution in [0, 0.1) is 5.82 Å². The number of rotatable bonds is 8. The first kappa shape index (κ1) is 24.9. The van der Waals surface area contributed by atoms with Crippen LogP contribution in [-0.2, 0) is 11.3 Å². The van der Waals surface area contributed by atoms with Gasteiger partial charge in [0.25, 0.3) is 5.91 Å². The van der Waals surface area contributed by atoms with Crippen molar-refractivity contribution in [2.75, 3.05) is 21.0 Å². The summed E-state index contributed by atoms with van der Waals surface area (Å²) in [7, 11) is 2.98. The first-order valence-electron chi connectivity index (χ1n) is 11.7. The molecule has 5 rings (SSSR count). The molecule has 2 N–H and O–H groups in total. The zero-order valence-corrected chi connectivity index (χ0v) is 20.6. The van der Waals surface area contributed by atoms with Gasteiger partial charge in [-0.1, -0.05) is 29.4 Å². The molecule has 0 aromatic heterocycles. The monoisotopic (exact) mass is 521 g/mol. The zero-order chi connectivity index (χ0) is 26.6. The Kier molecular flexibility index (Phi) is 6.98. The van der Waals surface area contributed by atoms with E-state index in [1.807, 2.05) is 0 Å². The standard InChI is InChI=1S/C27H24FN3O7/c1-34-23-19(11-17-12-21(31-38-17)15-7-9-16(28)10-8-15)20(24(35-2)26-25(23)36-14-37-26)13-29-30-27(33)18-5-3-4-6-22(18)32/h3-10,13,17,32H,11-12,14H2,1-2H3,(H,30,33)/b29-13+. The normalized spacial score (nSPS) is 15.8. The van der Waals surface area contributed by atoms with Crippen LogP contribution in [0.1, 0.15) is 33.5 Å². The highest BCUT2D eigenvalue weighted by molar-refractivity contribution is 6.01. The van der Waals surface area contributed by atoms with Crippen LogP contribution in [-0.4, -0.2) is 50.1 Å². The molecule has 2 aliphatic rings. The van der Waals surface area contributed by atoms with Gasteiger partial charge in [0.2, 0.25) is 18.3 Å². The van der Waals surface area contributed by atoms with Crippen LogP contribution in [0.25, 0.3) is 0 Å². The molecule has 3 aromatic carbocycles. The Bertz CT molecular complexity index is 1420. The lowest BCUT2D eigenvalue weighted by molar-refractivity contribution is 0.0852. The number of hydrazone groups is 1. The Hall–Kier alpha value is -4.80. The largest absolute Gasteiger partial charge is 0.507 e. The number of phenolic OH excluding ortho intramolecular Hbond substituents is 1. The topological polar surface area (TPSA) is 120 Å². The number of carbonyl (C=O) groups is 1. The van der Waals surface area contributed by atoms with E-state index in [2.05, 4.69) is 15.7 Å². The minimum absolute atomic E-state index is 0.0239. The third kappa shape index (κ3) is 4.77. The van der Waals surface area contributed by atoms with Gasteiger partial charge in [-0.2, -0.15) is 5.10 Å². The number of fused-ring (bicyclic) bond motifs is 1. The van der Waals surface area contributed by atoms with Crippen molar-refractivity contribution in [2.45, 2.75) is 18.9 Å². The molecule has 3 aromatic rings. The molecule has 0 saturated heterocycles. The summed E-state index contributed by atoms with van der Waals surface area (Å²) in [6.45, 7) is -0.0239. The highest BCUT2D eigenvalue weighted by Crippen LogP contribution is 2.52. The molecule has 1 amide bonds. The van der Waals surface area contributed by atoms with E-state index in [9.17, 15) is 14.3 Å². The molecule has 0 aliphatic carbocycles. The highest BCUT2D eigenvalue weighted by atomic mass is 19.1. The SMILES string of the molecule is COc1c(/C=N/NC(=O)c2ccccc2O)c(CC2CC(c3ccc(F)cc3)=NO2)c(OC)c2c1OCO2. The number of methoxy groups -OCH3 is 2. The van der Waals surface area contributed by atoms with Crippen molar-refractivity contribution in [3.05, 3.63) is 76.6 Å². The lowest BCUT2D eigenvalue weighted by Crippen LogP contribution is -2.18. The Morgan fingerprint density at radius 1 is 1.13 bits per heavy atom. The quantitative estimate of drug-likeness (QED) is 0.342. The molecule has 1 atom stereocenters.